The minimum Gasteiger partial charge on any atom is -0.378 e. The molecule has 1 aliphatic rings. The third-order valence-corrected chi connectivity index (χ3v) is 4.54. The molecule has 0 radical (unpaired) electrons. The molecule has 0 aliphatic carbocycles. The van der Waals surface area contributed by atoms with Crippen LogP contribution in [-0.4, -0.2) is 37.0 Å². The highest BCUT2D eigenvalue weighted by Gasteiger charge is 2.09. The SMILES string of the molecule is CC(=Cc1ccc(C)cc1)N1CCOCC1.CC(=O)Cc1ccc(C)cc1. The van der Waals surface area contributed by atoms with E-state index in [2.05, 4.69) is 49.1 Å². The Bertz CT molecular complexity index is 739. The molecule has 2 aromatic carbocycles. The van der Waals surface area contributed by atoms with Crippen molar-refractivity contribution in [1.29, 1.82) is 0 Å². The van der Waals surface area contributed by atoms with Crippen LogP contribution in [0.4, 0.5) is 0 Å². The van der Waals surface area contributed by atoms with E-state index >= 15 is 0 Å². The Balaban J connectivity index is 0.000000208. The van der Waals surface area contributed by atoms with Gasteiger partial charge in [-0.2, -0.15) is 0 Å². The number of carbonyl (C=O) groups is 1. The predicted octanol–water partition coefficient (Wildman–Crippen LogP) is 4.81. The van der Waals surface area contributed by atoms with Crippen LogP contribution in [-0.2, 0) is 16.0 Å². The molecule has 1 heterocycles. The molecule has 3 rings (SSSR count). The van der Waals surface area contributed by atoms with Crippen LogP contribution >= 0.6 is 0 Å². The number of carbonyl (C=O) groups excluding carboxylic acids is 1. The maximum Gasteiger partial charge on any atom is 0.134 e. The maximum atomic E-state index is 10.7. The minimum atomic E-state index is 0.217. The number of rotatable bonds is 4. The summed E-state index contributed by atoms with van der Waals surface area (Å²) in [6, 6.07) is 16.7. The highest BCUT2D eigenvalue weighted by Crippen LogP contribution is 2.13. The van der Waals surface area contributed by atoms with Crippen LogP contribution in [0.1, 0.15) is 36.1 Å². The summed E-state index contributed by atoms with van der Waals surface area (Å²) in [4.78, 5) is 13.1. The number of aryl methyl sites for hydroxylation is 2. The molecule has 0 amide bonds. The normalized spacial score (nSPS) is 14.4. The fourth-order valence-corrected chi connectivity index (χ4v) is 2.90. The van der Waals surface area contributed by atoms with Gasteiger partial charge in [0.05, 0.1) is 13.2 Å². The first-order valence-electron chi connectivity index (χ1n) is 9.56. The third-order valence-electron chi connectivity index (χ3n) is 4.54. The van der Waals surface area contributed by atoms with E-state index in [1.54, 1.807) is 6.92 Å². The molecule has 0 aromatic heterocycles. The summed E-state index contributed by atoms with van der Waals surface area (Å²) in [5.74, 6) is 0.217. The van der Waals surface area contributed by atoms with Crippen molar-refractivity contribution in [3.8, 4) is 0 Å². The Morgan fingerprint density at radius 1 is 0.926 bits per heavy atom. The topological polar surface area (TPSA) is 29.5 Å². The molecule has 0 N–H and O–H groups in total. The number of nitrogens with zero attached hydrogens (tertiary/aromatic N) is 1. The molecule has 144 valence electrons. The molecule has 1 fully saturated rings. The van der Waals surface area contributed by atoms with Gasteiger partial charge in [-0.25, -0.2) is 0 Å². The van der Waals surface area contributed by atoms with Gasteiger partial charge < -0.3 is 9.64 Å². The van der Waals surface area contributed by atoms with Crippen LogP contribution in [0.2, 0.25) is 0 Å². The first-order chi connectivity index (χ1) is 12.9. The number of morpholine rings is 1. The summed E-state index contributed by atoms with van der Waals surface area (Å²) in [7, 11) is 0. The van der Waals surface area contributed by atoms with Gasteiger partial charge in [0, 0.05) is 25.2 Å². The lowest BCUT2D eigenvalue weighted by atomic mass is 10.1. The van der Waals surface area contributed by atoms with E-state index in [0.717, 1.165) is 31.9 Å². The first kappa shape index (κ1) is 20.9. The van der Waals surface area contributed by atoms with Gasteiger partial charge in [-0.3, -0.25) is 4.79 Å². The quantitative estimate of drug-likeness (QED) is 0.778. The standard InChI is InChI=1S/C14H19NO.C10H12O/c1-12-3-5-14(6-4-12)11-13(2)15-7-9-16-10-8-15;1-8-3-5-10(6-4-8)7-9(2)11/h3-6,11H,7-10H2,1-2H3;3-6H,7H2,1-2H3. The summed E-state index contributed by atoms with van der Waals surface area (Å²) in [6.45, 7) is 11.6. The van der Waals surface area contributed by atoms with Gasteiger partial charge in [-0.1, -0.05) is 59.7 Å². The Hall–Kier alpha value is -2.39. The van der Waals surface area contributed by atoms with Gasteiger partial charge in [0.2, 0.25) is 0 Å². The lowest BCUT2D eigenvalue weighted by Crippen LogP contribution is -2.34. The van der Waals surface area contributed by atoms with Gasteiger partial charge in [0.25, 0.3) is 0 Å². The molecule has 0 bridgehead atoms. The zero-order chi connectivity index (χ0) is 19.6. The molecule has 27 heavy (non-hydrogen) atoms. The second-order valence-corrected chi connectivity index (χ2v) is 7.16. The van der Waals surface area contributed by atoms with Crippen LogP contribution in [0, 0.1) is 13.8 Å². The molecular weight excluding hydrogens is 334 g/mol. The summed E-state index contributed by atoms with van der Waals surface area (Å²) in [5, 5.41) is 0. The number of benzene rings is 2. The monoisotopic (exact) mass is 365 g/mol. The molecule has 1 aliphatic heterocycles. The highest BCUT2D eigenvalue weighted by atomic mass is 16.5. The maximum absolute atomic E-state index is 10.7. The number of Topliss-reactive ketones (excluding diaryl/α,β-unsaturated/α-hetero) is 1. The average Bonchev–Trinajstić information content (AvgIpc) is 2.66. The van der Waals surface area contributed by atoms with Gasteiger partial charge in [0.1, 0.15) is 5.78 Å². The second kappa shape index (κ2) is 10.7. The van der Waals surface area contributed by atoms with Gasteiger partial charge >= 0.3 is 0 Å². The van der Waals surface area contributed by atoms with Crippen molar-refractivity contribution in [2.24, 2.45) is 0 Å². The molecule has 1 saturated heterocycles. The molecule has 3 heteroatoms. The van der Waals surface area contributed by atoms with Crippen molar-refractivity contribution in [1.82, 2.24) is 4.90 Å². The molecule has 0 spiro atoms. The van der Waals surface area contributed by atoms with Crippen molar-refractivity contribution >= 4 is 11.9 Å². The van der Waals surface area contributed by atoms with Crippen LogP contribution in [0.3, 0.4) is 0 Å². The Morgan fingerprint density at radius 3 is 1.96 bits per heavy atom. The zero-order valence-corrected chi connectivity index (χ0v) is 17.0. The van der Waals surface area contributed by atoms with Crippen LogP contribution < -0.4 is 0 Å². The number of hydrogen-bond donors (Lipinski definition) is 0. The molecule has 2 aromatic rings. The van der Waals surface area contributed by atoms with Gasteiger partial charge in [-0.05, 0) is 44.9 Å². The van der Waals surface area contributed by atoms with E-state index in [4.69, 9.17) is 4.74 Å². The first-order valence-corrected chi connectivity index (χ1v) is 9.56. The van der Waals surface area contributed by atoms with E-state index < -0.39 is 0 Å². The number of ether oxygens (including phenoxy) is 1. The molecule has 0 unspecified atom stereocenters. The van der Waals surface area contributed by atoms with E-state index in [0.29, 0.717) is 6.42 Å². The van der Waals surface area contributed by atoms with E-state index in [1.807, 2.05) is 31.2 Å². The molecule has 0 saturated carbocycles. The number of allylic oxidation sites excluding steroid dienone is 1. The van der Waals surface area contributed by atoms with Crippen LogP contribution in [0.5, 0.6) is 0 Å². The van der Waals surface area contributed by atoms with Crippen LogP contribution in [0.25, 0.3) is 6.08 Å². The van der Waals surface area contributed by atoms with Gasteiger partial charge in [-0.15, -0.1) is 0 Å². The third kappa shape index (κ3) is 7.79. The second-order valence-electron chi connectivity index (χ2n) is 7.16. The summed E-state index contributed by atoms with van der Waals surface area (Å²) < 4.78 is 5.35. The Morgan fingerprint density at radius 2 is 1.44 bits per heavy atom. The lowest BCUT2D eigenvalue weighted by molar-refractivity contribution is -0.116. The smallest absolute Gasteiger partial charge is 0.134 e. The van der Waals surface area contributed by atoms with E-state index in [1.165, 1.54) is 22.4 Å². The zero-order valence-electron chi connectivity index (χ0n) is 17.0. The summed E-state index contributed by atoms with van der Waals surface area (Å²) in [5.41, 5.74) is 6.24. The van der Waals surface area contributed by atoms with Gasteiger partial charge in [0.15, 0.2) is 0 Å². The lowest BCUT2D eigenvalue weighted by Gasteiger charge is -2.29. The number of hydrogen-bond acceptors (Lipinski definition) is 3. The molecular formula is C24H31NO2. The van der Waals surface area contributed by atoms with Crippen molar-refractivity contribution in [3.63, 3.8) is 0 Å². The average molecular weight is 366 g/mol. The fourth-order valence-electron chi connectivity index (χ4n) is 2.90. The van der Waals surface area contributed by atoms with E-state index in [-0.39, 0.29) is 5.78 Å². The highest BCUT2D eigenvalue weighted by molar-refractivity contribution is 5.78. The van der Waals surface area contributed by atoms with Crippen molar-refractivity contribution in [2.45, 2.75) is 34.1 Å². The van der Waals surface area contributed by atoms with Crippen molar-refractivity contribution in [2.75, 3.05) is 26.3 Å². The molecule has 0 atom stereocenters. The largest absolute Gasteiger partial charge is 0.378 e. The Kier molecular flexibility index (Phi) is 8.28. The van der Waals surface area contributed by atoms with Crippen molar-refractivity contribution < 1.29 is 9.53 Å². The minimum absolute atomic E-state index is 0.217. The summed E-state index contributed by atoms with van der Waals surface area (Å²) in [6.07, 6.45) is 2.80. The van der Waals surface area contributed by atoms with Crippen molar-refractivity contribution in [3.05, 3.63) is 76.5 Å². The van der Waals surface area contributed by atoms with E-state index in [9.17, 15) is 4.79 Å². The Labute approximate surface area is 163 Å². The fraction of sp³-hybridized carbons (Fsp3) is 0.375. The summed E-state index contributed by atoms with van der Waals surface area (Å²) >= 11 is 0. The van der Waals surface area contributed by atoms with Crippen LogP contribution in [0.15, 0.2) is 54.2 Å². The molecule has 3 nitrogen and oxygen atoms in total. The number of ketones is 1. The predicted molar refractivity (Wildman–Crippen MR) is 113 cm³/mol.